The number of methoxy groups -OCH3 is 1. The van der Waals surface area contributed by atoms with Crippen LogP contribution in [0.3, 0.4) is 0 Å². The van der Waals surface area contributed by atoms with Gasteiger partial charge in [-0.05, 0) is 42.7 Å². The van der Waals surface area contributed by atoms with E-state index in [9.17, 15) is 0 Å². The van der Waals surface area contributed by atoms with Gasteiger partial charge in [0.25, 0.3) is 0 Å². The largest absolute Gasteiger partial charge is 0.497 e. The maximum Gasteiger partial charge on any atom is 0.119 e. The molecule has 0 amide bonds. The summed E-state index contributed by atoms with van der Waals surface area (Å²) in [5.41, 5.74) is 2.58. The molecule has 0 fully saturated rings. The van der Waals surface area contributed by atoms with Gasteiger partial charge in [-0.2, -0.15) is 0 Å². The van der Waals surface area contributed by atoms with Crippen molar-refractivity contribution in [2.75, 3.05) is 13.7 Å². The van der Waals surface area contributed by atoms with Gasteiger partial charge in [0.1, 0.15) is 5.75 Å². The molecule has 0 aliphatic heterocycles. The SMILES string of the molecule is C=CCN(Cc1cccn1Cc1cccc(OC)c1)C(C)C(C)C. The number of nitrogens with zero attached hydrogens (tertiary/aromatic N) is 2. The van der Waals surface area contributed by atoms with Crippen LogP contribution in [0, 0.1) is 5.92 Å². The molecular formula is C21H30N2O. The van der Waals surface area contributed by atoms with E-state index in [-0.39, 0.29) is 0 Å². The minimum atomic E-state index is 0.517. The first-order chi connectivity index (χ1) is 11.5. The Morgan fingerprint density at radius 2 is 2.00 bits per heavy atom. The predicted molar refractivity (Wildman–Crippen MR) is 101 cm³/mol. The molecule has 0 aliphatic carbocycles. The van der Waals surface area contributed by atoms with Gasteiger partial charge in [-0.3, -0.25) is 4.90 Å². The van der Waals surface area contributed by atoms with Gasteiger partial charge in [-0.1, -0.05) is 32.1 Å². The molecule has 24 heavy (non-hydrogen) atoms. The Hall–Kier alpha value is -2.00. The van der Waals surface area contributed by atoms with Crippen molar-refractivity contribution >= 4 is 0 Å². The fraction of sp³-hybridized carbons (Fsp3) is 0.429. The molecule has 3 nitrogen and oxygen atoms in total. The van der Waals surface area contributed by atoms with Gasteiger partial charge < -0.3 is 9.30 Å². The third-order valence-electron chi connectivity index (χ3n) is 4.68. The quantitative estimate of drug-likeness (QED) is 0.628. The summed E-state index contributed by atoms with van der Waals surface area (Å²) >= 11 is 0. The number of hydrogen-bond donors (Lipinski definition) is 0. The molecule has 1 heterocycles. The Morgan fingerprint density at radius 1 is 1.21 bits per heavy atom. The summed E-state index contributed by atoms with van der Waals surface area (Å²) in [6, 6.07) is 13.1. The van der Waals surface area contributed by atoms with Crippen molar-refractivity contribution in [3.63, 3.8) is 0 Å². The highest BCUT2D eigenvalue weighted by Gasteiger charge is 2.17. The molecule has 0 radical (unpaired) electrons. The lowest BCUT2D eigenvalue weighted by molar-refractivity contribution is 0.174. The van der Waals surface area contributed by atoms with E-state index in [1.807, 2.05) is 18.2 Å². The maximum atomic E-state index is 5.33. The van der Waals surface area contributed by atoms with Gasteiger partial charge in [0, 0.05) is 37.6 Å². The zero-order chi connectivity index (χ0) is 17.5. The number of hydrogen-bond acceptors (Lipinski definition) is 2. The summed E-state index contributed by atoms with van der Waals surface area (Å²) in [6.45, 7) is 13.5. The Labute approximate surface area is 146 Å². The second kappa shape index (κ2) is 8.74. The summed E-state index contributed by atoms with van der Waals surface area (Å²) in [5.74, 6) is 1.52. The molecule has 3 heteroatoms. The van der Waals surface area contributed by atoms with Crippen LogP contribution in [0.2, 0.25) is 0 Å². The van der Waals surface area contributed by atoms with E-state index in [0.717, 1.165) is 25.4 Å². The summed E-state index contributed by atoms with van der Waals surface area (Å²) < 4.78 is 7.65. The second-order valence-electron chi connectivity index (χ2n) is 6.68. The zero-order valence-electron chi connectivity index (χ0n) is 15.4. The van der Waals surface area contributed by atoms with Crippen molar-refractivity contribution in [2.45, 2.75) is 39.9 Å². The molecule has 0 N–H and O–H groups in total. The van der Waals surface area contributed by atoms with Crippen molar-refractivity contribution in [1.29, 1.82) is 0 Å². The van der Waals surface area contributed by atoms with Gasteiger partial charge >= 0.3 is 0 Å². The first-order valence-electron chi connectivity index (χ1n) is 8.67. The highest BCUT2D eigenvalue weighted by molar-refractivity contribution is 5.29. The number of ether oxygens (including phenoxy) is 1. The maximum absolute atomic E-state index is 5.33. The third kappa shape index (κ3) is 4.75. The van der Waals surface area contributed by atoms with Gasteiger partial charge in [0.15, 0.2) is 0 Å². The van der Waals surface area contributed by atoms with E-state index in [1.54, 1.807) is 7.11 Å². The normalized spacial score (nSPS) is 12.6. The molecular weight excluding hydrogens is 296 g/mol. The Bertz CT molecular complexity index is 645. The molecule has 0 spiro atoms. The monoisotopic (exact) mass is 326 g/mol. The van der Waals surface area contributed by atoms with E-state index in [0.29, 0.717) is 12.0 Å². The van der Waals surface area contributed by atoms with Crippen LogP contribution in [0.25, 0.3) is 0 Å². The average molecular weight is 326 g/mol. The van der Waals surface area contributed by atoms with Crippen molar-refractivity contribution in [3.05, 3.63) is 66.5 Å². The summed E-state index contributed by atoms with van der Waals surface area (Å²) in [6.07, 6.45) is 4.15. The fourth-order valence-electron chi connectivity index (χ4n) is 2.89. The molecule has 0 aliphatic rings. The molecule has 1 aromatic carbocycles. The third-order valence-corrected chi connectivity index (χ3v) is 4.68. The van der Waals surface area contributed by atoms with Gasteiger partial charge in [-0.25, -0.2) is 0 Å². The smallest absolute Gasteiger partial charge is 0.119 e. The zero-order valence-corrected chi connectivity index (χ0v) is 15.4. The number of aromatic nitrogens is 1. The first-order valence-corrected chi connectivity index (χ1v) is 8.67. The molecule has 1 atom stereocenters. The molecule has 0 saturated carbocycles. The lowest BCUT2D eigenvalue weighted by atomic mass is 10.0. The molecule has 1 unspecified atom stereocenters. The van der Waals surface area contributed by atoms with Gasteiger partial charge in [0.05, 0.1) is 7.11 Å². The van der Waals surface area contributed by atoms with Crippen LogP contribution in [0.1, 0.15) is 32.0 Å². The first kappa shape index (κ1) is 18.3. The van der Waals surface area contributed by atoms with Crippen molar-refractivity contribution < 1.29 is 4.74 Å². The van der Waals surface area contributed by atoms with Crippen LogP contribution >= 0.6 is 0 Å². The van der Waals surface area contributed by atoms with Crippen LogP contribution in [0.15, 0.2) is 55.3 Å². The van der Waals surface area contributed by atoms with E-state index in [1.165, 1.54) is 11.3 Å². The van der Waals surface area contributed by atoms with Crippen LogP contribution in [0.5, 0.6) is 5.75 Å². The van der Waals surface area contributed by atoms with Crippen LogP contribution < -0.4 is 4.74 Å². The number of benzene rings is 1. The van der Waals surface area contributed by atoms with E-state index >= 15 is 0 Å². The molecule has 130 valence electrons. The Balaban J connectivity index is 2.14. The van der Waals surface area contributed by atoms with Crippen LogP contribution in [-0.2, 0) is 13.1 Å². The summed E-state index contributed by atoms with van der Waals surface area (Å²) in [7, 11) is 1.71. The van der Waals surface area contributed by atoms with Gasteiger partial charge in [-0.15, -0.1) is 6.58 Å². The Kier molecular flexibility index (Phi) is 6.68. The summed E-state index contributed by atoms with van der Waals surface area (Å²) in [5, 5.41) is 0. The van der Waals surface area contributed by atoms with Crippen molar-refractivity contribution in [3.8, 4) is 5.75 Å². The van der Waals surface area contributed by atoms with E-state index in [2.05, 4.69) is 67.3 Å². The lowest BCUT2D eigenvalue weighted by Crippen LogP contribution is -2.36. The molecule has 2 aromatic rings. The topological polar surface area (TPSA) is 17.4 Å². The Morgan fingerprint density at radius 3 is 2.67 bits per heavy atom. The predicted octanol–water partition coefficient (Wildman–Crippen LogP) is 4.58. The molecule has 2 rings (SSSR count). The fourth-order valence-corrected chi connectivity index (χ4v) is 2.89. The molecule has 0 saturated heterocycles. The standard InChI is InChI=1S/C21H30N2O/c1-6-12-22(18(4)17(2)3)16-20-10-8-13-23(20)15-19-9-7-11-21(14-19)24-5/h6-11,13-14,17-18H,1,12,15-16H2,2-5H3. The highest BCUT2D eigenvalue weighted by Crippen LogP contribution is 2.18. The van der Waals surface area contributed by atoms with Crippen LogP contribution in [-0.4, -0.2) is 29.2 Å². The van der Waals surface area contributed by atoms with Gasteiger partial charge in [0.2, 0.25) is 0 Å². The molecule has 0 bridgehead atoms. The minimum Gasteiger partial charge on any atom is -0.497 e. The molecule has 1 aromatic heterocycles. The highest BCUT2D eigenvalue weighted by atomic mass is 16.5. The second-order valence-corrected chi connectivity index (χ2v) is 6.68. The van der Waals surface area contributed by atoms with Crippen molar-refractivity contribution in [1.82, 2.24) is 9.47 Å². The van der Waals surface area contributed by atoms with Crippen LogP contribution in [0.4, 0.5) is 0 Å². The lowest BCUT2D eigenvalue weighted by Gasteiger charge is -2.31. The minimum absolute atomic E-state index is 0.517. The summed E-state index contributed by atoms with van der Waals surface area (Å²) in [4.78, 5) is 2.48. The van der Waals surface area contributed by atoms with E-state index in [4.69, 9.17) is 4.74 Å². The average Bonchev–Trinajstić information content (AvgIpc) is 3.00. The number of rotatable bonds is 9. The van der Waals surface area contributed by atoms with E-state index < -0.39 is 0 Å². The van der Waals surface area contributed by atoms with Crippen molar-refractivity contribution in [2.24, 2.45) is 5.92 Å².